The van der Waals surface area contributed by atoms with E-state index >= 15 is 0 Å². The third kappa shape index (κ3) is 1.34. The number of hydrogen-bond acceptors (Lipinski definition) is 1. The highest BCUT2D eigenvalue weighted by molar-refractivity contribution is 4.84. The van der Waals surface area contributed by atoms with Gasteiger partial charge in [-0.25, -0.2) is 0 Å². The van der Waals surface area contributed by atoms with E-state index in [9.17, 15) is 0 Å². The average molecular weight is 141 g/mol. The molecular weight excluding hydrogens is 122 g/mol. The second kappa shape index (κ2) is 2.91. The van der Waals surface area contributed by atoms with Crippen molar-refractivity contribution in [3.63, 3.8) is 0 Å². The van der Waals surface area contributed by atoms with Gasteiger partial charge in [0.1, 0.15) is 0 Å². The number of nitrogens with two attached hydrogens (primary N) is 1. The van der Waals surface area contributed by atoms with Crippen molar-refractivity contribution < 1.29 is 0 Å². The monoisotopic (exact) mass is 141 g/mol. The summed E-state index contributed by atoms with van der Waals surface area (Å²) in [5.41, 5.74) is 5.81. The Morgan fingerprint density at radius 3 is 2.00 bits per heavy atom. The highest BCUT2D eigenvalue weighted by Crippen LogP contribution is 2.39. The van der Waals surface area contributed by atoms with E-state index in [0.717, 1.165) is 17.8 Å². The lowest BCUT2D eigenvalue weighted by Crippen LogP contribution is -2.38. The maximum absolute atomic E-state index is 5.81. The molecule has 1 rings (SSSR count). The molecule has 0 saturated heterocycles. The van der Waals surface area contributed by atoms with Gasteiger partial charge in [-0.15, -0.1) is 0 Å². The standard InChI is InChI=1S/C9H19N/c1-6-4-5-9(6)7(2)8(3)10/h6-9H,4-5,10H2,1-3H3/t6?,7-,8+,9+/m0/s1. The Morgan fingerprint density at radius 1 is 1.30 bits per heavy atom. The second-order valence-corrected chi connectivity index (χ2v) is 3.94. The topological polar surface area (TPSA) is 26.0 Å². The Morgan fingerprint density at radius 2 is 1.90 bits per heavy atom. The third-order valence-electron chi connectivity index (χ3n) is 3.19. The Labute approximate surface area is 64.0 Å². The molecule has 1 nitrogen and oxygen atoms in total. The quantitative estimate of drug-likeness (QED) is 0.625. The van der Waals surface area contributed by atoms with Gasteiger partial charge in [0.05, 0.1) is 0 Å². The van der Waals surface area contributed by atoms with Crippen LogP contribution in [0.2, 0.25) is 0 Å². The molecule has 0 heterocycles. The van der Waals surface area contributed by atoms with Crippen LogP contribution in [0.5, 0.6) is 0 Å². The zero-order chi connectivity index (χ0) is 7.72. The minimum atomic E-state index is 0.382. The molecule has 0 spiro atoms. The lowest BCUT2D eigenvalue weighted by atomic mass is 9.67. The molecule has 1 unspecified atom stereocenters. The first-order valence-corrected chi connectivity index (χ1v) is 4.38. The first kappa shape index (κ1) is 8.06. The summed E-state index contributed by atoms with van der Waals surface area (Å²) in [4.78, 5) is 0. The lowest BCUT2D eigenvalue weighted by molar-refractivity contribution is 0.115. The zero-order valence-electron chi connectivity index (χ0n) is 7.30. The minimum absolute atomic E-state index is 0.382. The minimum Gasteiger partial charge on any atom is -0.328 e. The van der Waals surface area contributed by atoms with Crippen molar-refractivity contribution >= 4 is 0 Å². The summed E-state index contributed by atoms with van der Waals surface area (Å²) >= 11 is 0. The first-order chi connectivity index (χ1) is 4.63. The van der Waals surface area contributed by atoms with Gasteiger partial charge in [-0.1, -0.05) is 20.3 Å². The molecule has 0 aromatic carbocycles. The average Bonchev–Trinajstić information content (AvgIpc) is 1.84. The predicted octanol–water partition coefficient (Wildman–Crippen LogP) is 2.02. The van der Waals surface area contributed by atoms with E-state index in [1.807, 2.05) is 0 Å². The largest absolute Gasteiger partial charge is 0.328 e. The van der Waals surface area contributed by atoms with Crippen molar-refractivity contribution in [2.75, 3.05) is 0 Å². The van der Waals surface area contributed by atoms with Crippen LogP contribution in [0.1, 0.15) is 33.6 Å². The van der Waals surface area contributed by atoms with E-state index in [-0.39, 0.29) is 0 Å². The highest BCUT2D eigenvalue weighted by Gasteiger charge is 2.32. The van der Waals surface area contributed by atoms with Crippen LogP contribution in [0.4, 0.5) is 0 Å². The predicted molar refractivity (Wildman–Crippen MR) is 44.7 cm³/mol. The van der Waals surface area contributed by atoms with Gasteiger partial charge in [0.15, 0.2) is 0 Å². The maximum atomic E-state index is 5.81. The molecule has 0 aromatic rings. The van der Waals surface area contributed by atoms with Crippen molar-refractivity contribution in [3.05, 3.63) is 0 Å². The summed E-state index contributed by atoms with van der Waals surface area (Å²) in [7, 11) is 0. The molecular formula is C9H19N. The third-order valence-corrected chi connectivity index (χ3v) is 3.19. The van der Waals surface area contributed by atoms with Gasteiger partial charge in [0.25, 0.3) is 0 Å². The van der Waals surface area contributed by atoms with E-state index in [4.69, 9.17) is 5.73 Å². The van der Waals surface area contributed by atoms with Crippen LogP contribution in [0, 0.1) is 17.8 Å². The number of hydrogen-bond donors (Lipinski definition) is 1. The molecule has 0 radical (unpaired) electrons. The molecule has 1 fully saturated rings. The zero-order valence-corrected chi connectivity index (χ0v) is 7.30. The smallest absolute Gasteiger partial charge is 0.00388 e. The van der Waals surface area contributed by atoms with E-state index in [0.29, 0.717) is 6.04 Å². The highest BCUT2D eigenvalue weighted by atomic mass is 14.6. The van der Waals surface area contributed by atoms with E-state index in [2.05, 4.69) is 20.8 Å². The Balaban J connectivity index is 2.34. The molecule has 1 aliphatic carbocycles. The van der Waals surface area contributed by atoms with Gasteiger partial charge in [-0.3, -0.25) is 0 Å². The van der Waals surface area contributed by atoms with Crippen LogP contribution in [0.3, 0.4) is 0 Å². The van der Waals surface area contributed by atoms with Crippen LogP contribution in [0.25, 0.3) is 0 Å². The molecule has 1 saturated carbocycles. The fraction of sp³-hybridized carbons (Fsp3) is 1.00. The van der Waals surface area contributed by atoms with Crippen molar-refractivity contribution in [2.24, 2.45) is 23.5 Å². The molecule has 0 bridgehead atoms. The molecule has 2 N–H and O–H groups in total. The fourth-order valence-electron chi connectivity index (χ4n) is 1.86. The van der Waals surface area contributed by atoms with Gasteiger partial charge >= 0.3 is 0 Å². The summed E-state index contributed by atoms with van der Waals surface area (Å²) in [6.07, 6.45) is 2.82. The van der Waals surface area contributed by atoms with Crippen molar-refractivity contribution in [2.45, 2.75) is 39.7 Å². The summed E-state index contributed by atoms with van der Waals surface area (Å²) in [6.45, 7) is 6.74. The molecule has 10 heavy (non-hydrogen) atoms. The molecule has 4 atom stereocenters. The van der Waals surface area contributed by atoms with Crippen LogP contribution < -0.4 is 5.73 Å². The van der Waals surface area contributed by atoms with Crippen molar-refractivity contribution in [3.8, 4) is 0 Å². The Kier molecular flexibility index (Phi) is 2.35. The van der Waals surface area contributed by atoms with Crippen LogP contribution in [-0.2, 0) is 0 Å². The summed E-state index contributed by atoms with van der Waals surface area (Å²) < 4.78 is 0. The summed E-state index contributed by atoms with van der Waals surface area (Å²) in [5, 5.41) is 0. The van der Waals surface area contributed by atoms with Crippen molar-refractivity contribution in [1.29, 1.82) is 0 Å². The van der Waals surface area contributed by atoms with Gasteiger partial charge in [0.2, 0.25) is 0 Å². The maximum Gasteiger partial charge on any atom is 0.00388 e. The van der Waals surface area contributed by atoms with Crippen LogP contribution in [-0.4, -0.2) is 6.04 Å². The first-order valence-electron chi connectivity index (χ1n) is 4.38. The molecule has 60 valence electrons. The lowest BCUT2D eigenvalue weighted by Gasteiger charge is -2.40. The Hall–Kier alpha value is -0.0400. The van der Waals surface area contributed by atoms with Crippen LogP contribution >= 0.6 is 0 Å². The Bertz CT molecular complexity index is 105. The van der Waals surface area contributed by atoms with E-state index in [1.165, 1.54) is 12.8 Å². The van der Waals surface area contributed by atoms with Gasteiger partial charge in [-0.05, 0) is 31.1 Å². The SMILES string of the molecule is CC1CC[C@H]1[C@@H](C)[C@@H](C)N. The van der Waals surface area contributed by atoms with Gasteiger partial charge in [-0.2, -0.15) is 0 Å². The molecule has 0 amide bonds. The van der Waals surface area contributed by atoms with E-state index < -0.39 is 0 Å². The molecule has 1 aliphatic rings. The molecule has 0 aromatic heterocycles. The summed E-state index contributed by atoms with van der Waals surface area (Å²) in [6, 6.07) is 0.382. The molecule has 1 heteroatoms. The van der Waals surface area contributed by atoms with Crippen LogP contribution in [0.15, 0.2) is 0 Å². The van der Waals surface area contributed by atoms with Crippen molar-refractivity contribution in [1.82, 2.24) is 0 Å². The van der Waals surface area contributed by atoms with Gasteiger partial charge in [0, 0.05) is 6.04 Å². The van der Waals surface area contributed by atoms with E-state index in [1.54, 1.807) is 0 Å². The molecule has 0 aliphatic heterocycles. The number of rotatable bonds is 2. The summed E-state index contributed by atoms with van der Waals surface area (Å²) in [5.74, 6) is 2.57. The normalized spacial score (nSPS) is 38.4. The fourth-order valence-corrected chi connectivity index (χ4v) is 1.86. The second-order valence-electron chi connectivity index (χ2n) is 3.94. The van der Waals surface area contributed by atoms with Gasteiger partial charge < -0.3 is 5.73 Å².